The first-order valence-corrected chi connectivity index (χ1v) is 46.3. The Balaban J connectivity index is 5.25. The van der Waals surface area contributed by atoms with Crippen molar-refractivity contribution in [2.45, 2.75) is 458 Å². The molecule has 0 aromatic heterocycles. The smallest absolute Gasteiger partial charge is 0.462 e. The van der Waals surface area contributed by atoms with Gasteiger partial charge in [0.25, 0.3) is 0 Å². The molecule has 0 aromatic rings. The largest absolute Gasteiger partial charge is 0.472 e. The summed E-state index contributed by atoms with van der Waals surface area (Å²) in [6.07, 6.45) is 63.8. The molecular weight excluding hydrogens is 1340 g/mol. The third-order valence-electron chi connectivity index (χ3n) is 19.6. The van der Waals surface area contributed by atoms with Crippen LogP contribution in [0.1, 0.15) is 440 Å². The first kappa shape index (κ1) is 101. The van der Waals surface area contributed by atoms with Gasteiger partial charge in [0.05, 0.1) is 26.4 Å². The Labute approximate surface area is 632 Å². The number of carbonyl (C=O) groups is 4. The molecule has 0 bridgehead atoms. The van der Waals surface area contributed by atoms with Gasteiger partial charge in [-0.1, -0.05) is 389 Å². The molecule has 103 heavy (non-hydrogen) atoms. The number of hydrogen-bond acceptors (Lipinski definition) is 15. The van der Waals surface area contributed by atoms with Gasteiger partial charge in [-0.05, 0) is 43.4 Å². The van der Waals surface area contributed by atoms with E-state index in [1.54, 1.807) is 0 Å². The Morgan fingerprint density at radius 2 is 0.447 bits per heavy atom. The maximum Gasteiger partial charge on any atom is 0.472 e. The van der Waals surface area contributed by atoms with E-state index in [-0.39, 0.29) is 25.7 Å². The molecule has 0 aliphatic heterocycles. The standard InChI is InChI=1S/C84H164O17P2/c1-8-9-10-11-12-13-14-15-25-31-38-46-53-60-67-83(88)101-80(72-95-82(87)66-59-52-45-40-33-36-43-50-57-64-77(6)7)74-99-103(92,93)97-70-78(85)69-96-102(90,91)98-73-79(71-94-81(86)65-58-51-44-37-30-27-22-24-29-35-42-49-56-63-76(4)5)100-84(89)68-61-54-47-39-32-26-21-19-17-16-18-20-23-28-34-41-48-55-62-75(2)3/h75-80,85H,8-74H2,1-7H3,(H,90,91)(H,92,93)/t78-,79-,80-/m1/s1. The Hall–Kier alpha value is -1.94. The molecule has 0 aliphatic rings. The van der Waals surface area contributed by atoms with Gasteiger partial charge < -0.3 is 33.8 Å². The van der Waals surface area contributed by atoms with Crippen LogP contribution in [0.15, 0.2) is 0 Å². The molecule has 0 amide bonds. The molecular formula is C84H164O17P2. The fourth-order valence-electron chi connectivity index (χ4n) is 13.0. The van der Waals surface area contributed by atoms with Crippen molar-refractivity contribution in [3.63, 3.8) is 0 Å². The number of phosphoric acid groups is 2. The minimum atomic E-state index is -4.96. The zero-order chi connectivity index (χ0) is 75.8. The van der Waals surface area contributed by atoms with Gasteiger partial charge in [-0.3, -0.25) is 37.3 Å². The lowest BCUT2D eigenvalue weighted by molar-refractivity contribution is -0.161. The lowest BCUT2D eigenvalue weighted by Crippen LogP contribution is -2.30. The van der Waals surface area contributed by atoms with Crippen molar-refractivity contribution in [1.29, 1.82) is 0 Å². The lowest BCUT2D eigenvalue weighted by Gasteiger charge is -2.21. The van der Waals surface area contributed by atoms with Crippen molar-refractivity contribution >= 4 is 39.5 Å². The van der Waals surface area contributed by atoms with Crippen molar-refractivity contribution in [1.82, 2.24) is 0 Å². The Kier molecular flexibility index (Phi) is 72.8. The number of aliphatic hydroxyl groups excluding tert-OH is 1. The van der Waals surface area contributed by atoms with E-state index < -0.39 is 97.5 Å². The average Bonchev–Trinajstić information content (AvgIpc) is 0.906. The second-order valence-corrected chi connectivity index (χ2v) is 34.6. The van der Waals surface area contributed by atoms with Gasteiger partial charge in [0, 0.05) is 25.7 Å². The predicted octanol–water partition coefficient (Wildman–Crippen LogP) is 25.3. The highest BCUT2D eigenvalue weighted by molar-refractivity contribution is 7.47. The molecule has 0 rings (SSSR count). The summed E-state index contributed by atoms with van der Waals surface area (Å²) in [6, 6.07) is 0. The van der Waals surface area contributed by atoms with Crippen molar-refractivity contribution in [3.8, 4) is 0 Å². The van der Waals surface area contributed by atoms with Crippen LogP contribution in [0, 0.1) is 17.8 Å². The number of carbonyl (C=O) groups excluding carboxylic acids is 4. The molecule has 0 aliphatic carbocycles. The van der Waals surface area contributed by atoms with E-state index in [4.69, 9.17) is 37.0 Å². The van der Waals surface area contributed by atoms with E-state index in [2.05, 4.69) is 48.5 Å². The number of rotatable bonds is 82. The highest BCUT2D eigenvalue weighted by atomic mass is 31.2. The highest BCUT2D eigenvalue weighted by Crippen LogP contribution is 2.45. The van der Waals surface area contributed by atoms with Crippen LogP contribution < -0.4 is 0 Å². The van der Waals surface area contributed by atoms with Gasteiger partial charge in [-0.25, -0.2) is 9.13 Å². The van der Waals surface area contributed by atoms with Gasteiger partial charge in [0.2, 0.25) is 0 Å². The summed E-state index contributed by atoms with van der Waals surface area (Å²) in [5, 5.41) is 10.7. The SMILES string of the molecule is CCCCCCCCCCCCCCCCC(=O)O[C@H](COC(=O)CCCCCCCCCCCC(C)C)COP(=O)(O)OC[C@H](O)COP(=O)(O)OC[C@@H](COC(=O)CCCCCCCCCCCCCCCC(C)C)OC(=O)CCCCCCCCCCCCCCCCCCCCC(C)C. The van der Waals surface area contributed by atoms with Gasteiger partial charge in [-0.2, -0.15) is 0 Å². The van der Waals surface area contributed by atoms with E-state index in [1.807, 2.05) is 0 Å². The van der Waals surface area contributed by atoms with Crippen LogP contribution >= 0.6 is 15.6 Å². The second-order valence-electron chi connectivity index (χ2n) is 31.6. The van der Waals surface area contributed by atoms with Crippen LogP contribution in [0.5, 0.6) is 0 Å². The summed E-state index contributed by atoms with van der Waals surface area (Å²) in [4.78, 5) is 73.2. The van der Waals surface area contributed by atoms with Crippen molar-refractivity contribution in [2.24, 2.45) is 17.8 Å². The summed E-state index contributed by atoms with van der Waals surface area (Å²) in [6.45, 7) is 12.0. The van der Waals surface area contributed by atoms with Crippen LogP contribution in [-0.4, -0.2) is 96.7 Å². The van der Waals surface area contributed by atoms with Gasteiger partial charge in [-0.15, -0.1) is 0 Å². The number of esters is 4. The minimum Gasteiger partial charge on any atom is -0.462 e. The molecule has 0 radical (unpaired) electrons. The fourth-order valence-corrected chi connectivity index (χ4v) is 14.6. The van der Waals surface area contributed by atoms with E-state index in [0.29, 0.717) is 25.7 Å². The topological polar surface area (TPSA) is 237 Å². The molecule has 612 valence electrons. The number of ether oxygens (including phenoxy) is 4. The monoisotopic (exact) mass is 1510 g/mol. The number of aliphatic hydroxyl groups is 1. The summed E-state index contributed by atoms with van der Waals surface area (Å²) >= 11 is 0. The summed E-state index contributed by atoms with van der Waals surface area (Å²) in [5.41, 5.74) is 0. The predicted molar refractivity (Wildman–Crippen MR) is 423 cm³/mol. The Bertz CT molecular complexity index is 1990. The third kappa shape index (κ3) is 78.0. The molecule has 0 fully saturated rings. The van der Waals surface area contributed by atoms with Gasteiger partial charge in [0.15, 0.2) is 12.2 Å². The van der Waals surface area contributed by atoms with E-state index in [1.165, 1.54) is 250 Å². The number of unbranched alkanes of at least 4 members (excludes halogenated alkanes) is 50. The zero-order valence-corrected chi connectivity index (χ0v) is 69.6. The minimum absolute atomic E-state index is 0.108. The summed E-state index contributed by atoms with van der Waals surface area (Å²) in [7, 11) is -9.93. The molecule has 0 spiro atoms. The second kappa shape index (κ2) is 74.2. The normalized spacial score (nSPS) is 13.9. The van der Waals surface area contributed by atoms with Crippen molar-refractivity contribution in [2.75, 3.05) is 39.6 Å². The maximum absolute atomic E-state index is 13.1. The molecule has 17 nitrogen and oxygen atoms in total. The first-order chi connectivity index (χ1) is 49.7. The molecule has 5 atom stereocenters. The van der Waals surface area contributed by atoms with E-state index in [0.717, 1.165) is 108 Å². The summed E-state index contributed by atoms with van der Waals surface area (Å²) in [5.74, 6) is 0.250. The van der Waals surface area contributed by atoms with Crippen LogP contribution in [0.3, 0.4) is 0 Å². The Morgan fingerprint density at radius 3 is 0.660 bits per heavy atom. The maximum atomic E-state index is 13.1. The van der Waals surface area contributed by atoms with E-state index >= 15 is 0 Å². The molecule has 2 unspecified atom stereocenters. The number of hydrogen-bond donors (Lipinski definition) is 3. The van der Waals surface area contributed by atoms with Crippen LogP contribution in [0.2, 0.25) is 0 Å². The van der Waals surface area contributed by atoms with Crippen LogP contribution in [0.4, 0.5) is 0 Å². The molecule has 0 heterocycles. The summed E-state index contributed by atoms with van der Waals surface area (Å²) < 4.78 is 68.8. The van der Waals surface area contributed by atoms with Gasteiger partial charge in [0.1, 0.15) is 19.3 Å². The highest BCUT2D eigenvalue weighted by Gasteiger charge is 2.30. The van der Waals surface area contributed by atoms with Crippen molar-refractivity contribution in [3.05, 3.63) is 0 Å². The average molecular weight is 1510 g/mol. The third-order valence-corrected chi connectivity index (χ3v) is 21.5. The molecule has 0 saturated heterocycles. The quantitative estimate of drug-likeness (QED) is 0.0222. The molecule has 0 saturated carbocycles. The van der Waals surface area contributed by atoms with Crippen LogP contribution in [-0.2, 0) is 65.4 Å². The Morgan fingerprint density at radius 1 is 0.262 bits per heavy atom. The van der Waals surface area contributed by atoms with Gasteiger partial charge >= 0.3 is 39.5 Å². The molecule has 3 N–H and O–H groups in total. The molecule has 0 aromatic carbocycles. The number of phosphoric ester groups is 2. The first-order valence-electron chi connectivity index (χ1n) is 43.3. The lowest BCUT2D eigenvalue weighted by atomic mass is 10.0. The van der Waals surface area contributed by atoms with E-state index in [9.17, 15) is 43.2 Å². The fraction of sp³-hybridized carbons (Fsp3) is 0.952. The van der Waals surface area contributed by atoms with Crippen molar-refractivity contribution < 1.29 is 80.2 Å². The molecule has 19 heteroatoms. The van der Waals surface area contributed by atoms with Crippen LogP contribution in [0.25, 0.3) is 0 Å². The zero-order valence-electron chi connectivity index (χ0n) is 67.8.